The fourth-order valence-corrected chi connectivity index (χ4v) is 1.69. The van der Waals surface area contributed by atoms with Gasteiger partial charge < -0.3 is 5.11 Å². The second-order valence-electron chi connectivity index (χ2n) is 4.24. The maximum Gasteiger partial charge on any atom is 0.0670 e. The Hall–Kier alpha value is -1.13. The van der Waals surface area contributed by atoms with E-state index in [1.165, 1.54) is 5.56 Å². The van der Waals surface area contributed by atoms with E-state index in [0.717, 1.165) is 19.4 Å². The van der Waals surface area contributed by atoms with Crippen molar-refractivity contribution in [2.75, 3.05) is 13.6 Å². The van der Waals surface area contributed by atoms with Gasteiger partial charge in [-0.15, -0.1) is 6.58 Å². The van der Waals surface area contributed by atoms with E-state index in [4.69, 9.17) is 0 Å². The number of hydrogen-bond acceptors (Lipinski definition) is 3. The Labute approximate surface area is 97.2 Å². The first kappa shape index (κ1) is 12.9. The Kier molecular flexibility index (Phi) is 5.22. The third-order valence-corrected chi connectivity index (χ3v) is 2.44. The molecule has 0 aliphatic carbocycles. The van der Waals surface area contributed by atoms with Crippen LogP contribution in [0.25, 0.3) is 0 Å². The summed E-state index contributed by atoms with van der Waals surface area (Å²) < 4.78 is 1.79. The summed E-state index contributed by atoms with van der Waals surface area (Å²) >= 11 is 0. The molecule has 0 spiro atoms. The molecule has 4 nitrogen and oxygen atoms in total. The van der Waals surface area contributed by atoms with E-state index >= 15 is 0 Å². The summed E-state index contributed by atoms with van der Waals surface area (Å²) in [7, 11) is 3.91. The van der Waals surface area contributed by atoms with Gasteiger partial charge in [0.15, 0.2) is 0 Å². The molecule has 0 aromatic carbocycles. The first-order valence-electron chi connectivity index (χ1n) is 5.57. The topological polar surface area (TPSA) is 41.3 Å². The molecule has 1 rings (SSSR count). The molecule has 0 radical (unpaired) electrons. The molecule has 16 heavy (non-hydrogen) atoms. The monoisotopic (exact) mass is 223 g/mol. The van der Waals surface area contributed by atoms with Crippen molar-refractivity contribution in [2.45, 2.75) is 25.5 Å². The van der Waals surface area contributed by atoms with Crippen LogP contribution < -0.4 is 0 Å². The van der Waals surface area contributed by atoms with E-state index in [1.807, 2.05) is 32.6 Å². The van der Waals surface area contributed by atoms with Crippen LogP contribution in [0.15, 0.2) is 25.0 Å². The maximum atomic E-state index is 9.72. The average Bonchev–Trinajstić information content (AvgIpc) is 2.60. The van der Waals surface area contributed by atoms with Crippen LogP contribution in [0.1, 0.15) is 18.4 Å². The molecule has 0 amide bonds. The van der Waals surface area contributed by atoms with Gasteiger partial charge in [0.1, 0.15) is 0 Å². The number of aliphatic hydroxyl groups excluding tert-OH is 1. The molecule has 1 aromatic rings. The van der Waals surface area contributed by atoms with E-state index in [-0.39, 0.29) is 6.10 Å². The van der Waals surface area contributed by atoms with E-state index in [1.54, 1.807) is 4.68 Å². The number of hydrogen-bond donors (Lipinski definition) is 1. The van der Waals surface area contributed by atoms with E-state index in [2.05, 4.69) is 16.6 Å². The van der Waals surface area contributed by atoms with Crippen molar-refractivity contribution in [3.63, 3.8) is 0 Å². The predicted octanol–water partition coefficient (Wildman–Crippen LogP) is 1.18. The van der Waals surface area contributed by atoms with Gasteiger partial charge in [0, 0.05) is 31.9 Å². The standard InChI is InChI=1S/C12H21N3O/c1-4-5-6-12(16)10-14(2)8-11-7-13-15(3)9-11/h4,7,9,12,16H,1,5-6,8,10H2,2-3H3. The van der Waals surface area contributed by atoms with Gasteiger partial charge in [0.2, 0.25) is 0 Å². The highest BCUT2D eigenvalue weighted by molar-refractivity contribution is 5.02. The van der Waals surface area contributed by atoms with Gasteiger partial charge >= 0.3 is 0 Å². The van der Waals surface area contributed by atoms with Crippen molar-refractivity contribution in [1.29, 1.82) is 0 Å². The number of likely N-dealkylation sites (N-methyl/N-ethyl adjacent to an activating group) is 1. The molecule has 0 fully saturated rings. The molecule has 1 unspecified atom stereocenters. The van der Waals surface area contributed by atoms with E-state index < -0.39 is 0 Å². The lowest BCUT2D eigenvalue weighted by atomic mass is 10.2. The lowest BCUT2D eigenvalue weighted by Gasteiger charge is -2.19. The van der Waals surface area contributed by atoms with Gasteiger partial charge in [-0.1, -0.05) is 6.08 Å². The molecular formula is C12H21N3O. The summed E-state index contributed by atoms with van der Waals surface area (Å²) in [5, 5.41) is 13.8. The van der Waals surface area contributed by atoms with Gasteiger partial charge in [-0.2, -0.15) is 5.10 Å². The van der Waals surface area contributed by atoms with Gasteiger partial charge in [-0.3, -0.25) is 9.58 Å². The smallest absolute Gasteiger partial charge is 0.0670 e. The molecule has 0 aliphatic rings. The van der Waals surface area contributed by atoms with Crippen LogP contribution in [0.2, 0.25) is 0 Å². The Bertz CT molecular complexity index is 322. The zero-order chi connectivity index (χ0) is 12.0. The van der Waals surface area contributed by atoms with E-state index in [9.17, 15) is 5.11 Å². The van der Waals surface area contributed by atoms with Crippen molar-refractivity contribution >= 4 is 0 Å². The van der Waals surface area contributed by atoms with Crippen LogP contribution in [0.4, 0.5) is 0 Å². The lowest BCUT2D eigenvalue weighted by Crippen LogP contribution is -2.28. The third-order valence-electron chi connectivity index (χ3n) is 2.44. The molecule has 0 saturated carbocycles. The van der Waals surface area contributed by atoms with Crippen LogP contribution in [0.5, 0.6) is 0 Å². The normalized spacial score (nSPS) is 13.0. The summed E-state index contributed by atoms with van der Waals surface area (Å²) in [4.78, 5) is 2.10. The minimum atomic E-state index is -0.278. The highest BCUT2D eigenvalue weighted by atomic mass is 16.3. The van der Waals surface area contributed by atoms with Gasteiger partial charge in [0.25, 0.3) is 0 Å². The highest BCUT2D eigenvalue weighted by Crippen LogP contribution is 2.04. The number of rotatable bonds is 7. The first-order chi connectivity index (χ1) is 7.61. The number of aromatic nitrogens is 2. The fraction of sp³-hybridized carbons (Fsp3) is 0.583. The van der Waals surface area contributed by atoms with Crippen molar-refractivity contribution in [3.8, 4) is 0 Å². The summed E-state index contributed by atoms with van der Waals surface area (Å²) in [6.07, 6.45) is 7.05. The molecule has 0 saturated heterocycles. The summed E-state index contributed by atoms with van der Waals surface area (Å²) in [6, 6.07) is 0. The predicted molar refractivity (Wildman–Crippen MR) is 65.0 cm³/mol. The van der Waals surface area contributed by atoms with Crippen molar-refractivity contribution < 1.29 is 5.11 Å². The molecule has 90 valence electrons. The zero-order valence-electron chi connectivity index (χ0n) is 10.1. The van der Waals surface area contributed by atoms with Crippen LogP contribution in [-0.4, -0.2) is 39.5 Å². The van der Waals surface area contributed by atoms with Crippen molar-refractivity contribution in [2.24, 2.45) is 7.05 Å². The number of nitrogens with zero attached hydrogens (tertiary/aromatic N) is 3. The quantitative estimate of drug-likeness (QED) is 0.706. The Balaban J connectivity index is 2.29. The lowest BCUT2D eigenvalue weighted by molar-refractivity contribution is 0.116. The van der Waals surface area contributed by atoms with Crippen LogP contribution in [0, 0.1) is 0 Å². The summed E-state index contributed by atoms with van der Waals surface area (Å²) in [5.41, 5.74) is 1.17. The summed E-state index contributed by atoms with van der Waals surface area (Å²) in [6.45, 7) is 5.15. The molecule has 1 aromatic heterocycles. The highest BCUT2D eigenvalue weighted by Gasteiger charge is 2.08. The molecule has 0 bridgehead atoms. The van der Waals surface area contributed by atoms with Crippen LogP contribution >= 0.6 is 0 Å². The molecule has 4 heteroatoms. The molecule has 0 aliphatic heterocycles. The second kappa shape index (κ2) is 6.45. The van der Waals surface area contributed by atoms with Crippen LogP contribution in [0.3, 0.4) is 0 Å². The molecular weight excluding hydrogens is 202 g/mol. The third kappa shape index (κ3) is 4.59. The SMILES string of the molecule is C=CCCC(O)CN(C)Cc1cnn(C)c1. The first-order valence-corrected chi connectivity index (χ1v) is 5.57. The van der Waals surface area contributed by atoms with Crippen LogP contribution in [-0.2, 0) is 13.6 Å². The Morgan fingerprint density at radius 3 is 3.00 bits per heavy atom. The largest absolute Gasteiger partial charge is 0.392 e. The Morgan fingerprint density at radius 1 is 1.69 bits per heavy atom. The zero-order valence-corrected chi connectivity index (χ0v) is 10.1. The molecule has 1 atom stereocenters. The summed E-state index contributed by atoms with van der Waals surface area (Å²) in [5.74, 6) is 0. The Morgan fingerprint density at radius 2 is 2.44 bits per heavy atom. The second-order valence-corrected chi connectivity index (χ2v) is 4.24. The molecule has 1 N–H and O–H groups in total. The number of allylic oxidation sites excluding steroid dienone is 1. The van der Waals surface area contributed by atoms with E-state index in [0.29, 0.717) is 6.54 Å². The maximum absolute atomic E-state index is 9.72. The average molecular weight is 223 g/mol. The van der Waals surface area contributed by atoms with Gasteiger partial charge in [0.05, 0.1) is 12.3 Å². The van der Waals surface area contributed by atoms with Crippen molar-refractivity contribution in [1.82, 2.24) is 14.7 Å². The van der Waals surface area contributed by atoms with Crippen molar-refractivity contribution in [3.05, 3.63) is 30.6 Å². The minimum Gasteiger partial charge on any atom is -0.392 e. The number of aryl methyl sites for hydroxylation is 1. The number of aliphatic hydroxyl groups is 1. The van der Waals surface area contributed by atoms with Gasteiger partial charge in [-0.05, 0) is 19.9 Å². The van der Waals surface area contributed by atoms with Gasteiger partial charge in [-0.25, -0.2) is 0 Å². The molecule has 1 heterocycles. The minimum absolute atomic E-state index is 0.278. The fourth-order valence-electron chi connectivity index (χ4n) is 1.69.